The summed E-state index contributed by atoms with van der Waals surface area (Å²) in [5, 5.41) is 24.3. The van der Waals surface area contributed by atoms with Gasteiger partial charge in [-0.25, -0.2) is 0 Å². The third-order valence-electron chi connectivity index (χ3n) is 4.44. The number of rotatable bonds is 5. The van der Waals surface area contributed by atoms with Crippen molar-refractivity contribution in [2.75, 3.05) is 5.32 Å². The summed E-state index contributed by atoms with van der Waals surface area (Å²) < 4.78 is 2.86. The van der Waals surface area contributed by atoms with E-state index in [1.807, 2.05) is 31.2 Å². The number of carbonyl (C=O) groups is 1. The van der Waals surface area contributed by atoms with Crippen molar-refractivity contribution in [3.05, 3.63) is 54.1 Å². The molecule has 0 aliphatic carbocycles. The SMILES string of the molecule is CCc1ccc(NC(=O)C[n+]2c(O)[n+](CC)c(O)c3ccccc32)cc1. The summed E-state index contributed by atoms with van der Waals surface area (Å²) in [5.41, 5.74) is 2.49. The number of fused-ring (bicyclic) bond motifs is 1. The number of aryl methyl sites for hydroxylation is 1. The fourth-order valence-electron chi connectivity index (χ4n) is 3.01. The monoisotopic (exact) mass is 353 g/mol. The Hall–Kier alpha value is -3.15. The van der Waals surface area contributed by atoms with Crippen molar-refractivity contribution in [1.29, 1.82) is 0 Å². The fourth-order valence-corrected chi connectivity index (χ4v) is 3.01. The maximum atomic E-state index is 12.5. The number of amides is 1. The number of para-hydroxylation sites is 1. The van der Waals surface area contributed by atoms with Gasteiger partial charge in [-0.05, 0) is 37.1 Å². The van der Waals surface area contributed by atoms with E-state index in [0.717, 1.165) is 6.42 Å². The zero-order valence-electron chi connectivity index (χ0n) is 14.9. The van der Waals surface area contributed by atoms with Crippen molar-refractivity contribution >= 4 is 22.5 Å². The lowest BCUT2D eigenvalue weighted by Gasteiger charge is -2.06. The van der Waals surface area contributed by atoms with Crippen LogP contribution < -0.4 is 14.5 Å². The lowest BCUT2D eigenvalue weighted by Crippen LogP contribution is -2.50. The Morgan fingerprint density at radius 1 is 1.00 bits per heavy atom. The van der Waals surface area contributed by atoms with Gasteiger partial charge >= 0.3 is 11.9 Å². The molecule has 0 spiro atoms. The molecule has 6 heteroatoms. The molecule has 0 aliphatic heterocycles. The second-order valence-corrected chi connectivity index (χ2v) is 6.07. The minimum atomic E-state index is -0.256. The van der Waals surface area contributed by atoms with Crippen molar-refractivity contribution in [3.8, 4) is 11.9 Å². The van der Waals surface area contributed by atoms with Crippen LogP contribution in [0.15, 0.2) is 48.5 Å². The highest BCUT2D eigenvalue weighted by molar-refractivity contribution is 5.90. The number of carbonyl (C=O) groups excluding carboxylic acids is 1. The molecular formula is C20H23N3O3+2. The molecule has 0 aliphatic rings. The Morgan fingerprint density at radius 2 is 1.69 bits per heavy atom. The summed E-state index contributed by atoms with van der Waals surface area (Å²) in [5.74, 6) is -0.277. The zero-order valence-corrected chi connectivity index (χ0v) is 14.9. The molecule has 26 heavy (non-hydrogen) atoms. The first-order chi connectivity index (χ1) is 12.5. The molecule has 0 saturated carbocycles. The molecule has 3 aromatic rings. The quantitative estimate of drug-likeness (QED) is 0.615. The molecule has 1 amide bonds. The minimum absolute atomic E-state index is 0.0209. The van der Waals surface area contributed by atoms with Gasteiger partial charge in [0.1, 0.15) is 0 Å². The number of anilines is 1. The fraction of sp³-hybridized carbons (Fsp3) is 0.250. The van der Waals surface area contributed by atoms with Crippen LogP contribution in [0.1, 0.15) is 19.4 Å². The number of aromatic hydroxyl groups is 2. The molecule has 1 heterocycles. The van der Waals surface area contributed by atoms with Crippen LogP contribution >= 0.6 is 0 Å². The highest BCUT2D eigenvalue weighted by atomic mass is 16.3. The summed E-state index contributed by atoms with van der Waals surface area (Å²) in [4.78, 5) is 12.5. The number of benzene rings is 2. The normalized spacial score (nSPS) is 10.8. The Bertz CT molecular complexity index is 953. The van der Waals surface area contributed by atoms with Crippen molar-refractivity contribution in [2.45, 2.75) is 33.4 Å². The molecule has 0 atom stereocenters. The van der Waals surface area contributed by atoms with Gasteiger partial charge in [-0.2, -0.15) is 0 Å². The predicted octanol–water partition coefficient (Wildman–Crippen LogP) is 2.05. The minimum Gasteiger partial charge on any atom is -0.459 e. The number of aromatic nitrogens is 2. The van der Waals surface area contributed by atoms with Crippen molar-refractivity contribution in [2.24, 2.45) is 0 Å². The number of nitrogens with one attached hydrogen (secondary N) is 1. The molecule has 134 valence electrons. The van der Waals surface area contributed by atoms with Gasteiger partial charge in [0.2, 0.25) is 12.1 Å². The Morgan fingerprint density at radius 3 is 2.35 bits per heavy atom. The first kappa shape index (κ1) is 17.7. The molecule has 2 aromatic carbocycles. The second kappa shape index (κ2) is 7.39. The van der Waals surface area contributed by atoms with Crippen LogP contribution in [0.5, 0.6) is 11.9 Å². The van der Waals surface area contributed by atoms with Crippen LogP contribution in [0.3, 0.4) is 0 Å². The third-order valence-corrected chi connectivity index (χ3v) is 4.44. The molecule has 3 rings (SSSR count). The summed E-state index contributed by atoms with van der Waals surface area (Å²) in [6.45, 7) is 4.20. The molecule has 3 N–H and O–H groups in total. The Balaban J connectivity index is 1.93. The van der Waals surface area contributed by atoms with E-state index in [1.54, 1.807) is 24.3 Å². The lowest BCUT2D eigenvalue weighted by atomic mass is 10.1. The molecular weight excluding hydrogens is 330 g/mol. The van der Waals surface area contributed by atoms with E-state index in [-0.39, 0.29) is 24.3 Å². The van der Waals surface area contributed by atoms with Crippen molar-refractivity contribution in [3.63, 3.8) is 0 Å². The van der Waals surface area contributed by atoms with Crippen LogP contribution in [0.25, 0.3) is 10.9 Å². The van der Waals surface area contributed by atoms with Gasteiger partial charge in [0.25, 0.3) is 5.91 Å². The predicted molar refractivity (Wildman–Crippen MR) is 97.8 cm³/mol. The summed E-state index contributed by atoms with van der Waals surface area (Å²) >= 11 is 0. The second-order valence-electron chi connectivity index (χ2n) is 6.07. The Labute approximate surface area is 152 Å². The Kier molecular flexibility index (Phi) is 5.02. The third kappa shape index (κ3) is 3.31. The van der Waals surface area contributed by atoms with E-state index in [4.69, 9.17) is 0 Å². The largest absolute Gasteiger partial charge is 0.632 e. The van der Waals surface area contributed by atoms with Gasteiger partial charge in [0.05, 0.1) is 0 Å². The average Bonchev–Trinajstić information content (AvgIpc) is 2.66. The summed E-state index contributed by atoms with van der Waals surface area (Å²) in [6, 6.07) is 14.6. The first-order valence-corrected chi connectivity index (χ1v) is 8.70. The molecule has 0 bridgehead atoms. The van der Waals surface area contributed by atoms with Gasteiger partial charge in [0, 0.05) is 11.8 Å². The number of hydrogen-bond acceptors (Lipinski definition) is 3. The smallest absolute Gasteiger partial charge is 0.459 e. The van der Waals surface area contributed by atoms with E-state index in [2.05, 4.69) is 12.2 Å². The van der Waals surface area contributed by atoms with Crippen LogP contribution in [0.2, 0.25) is 0 Å². The average molecular weight is 353 g/mol. The molecule has 0 saturated heterocycles. The van der Waals surface area contributed by atoms with Crippen molar-refractivity contribution < 1.29 is 24.1 Å². The van der Waals surface area contributed by atoms with Gasteiger partial charge in [-0.3, -0.25) is 4.79 Å². The highest BCUT2D eigenvalue weighted by Crippen LogP contribution is 2.20. The van der Waals surface area contributed by atoms with E-state index in [9.17, 15) is 15.0 Å². The zero-order chi connectivity index (χ0) is 18.7. The standard InChI is InChI=1S/C20H21N3O3/c1-3-14-9-11-15(12-10-14)21-18(24)13-23-17-8-6-5-7-16(17)19(25)22(4-2)20(23)26/h5-12H,3-4,13H2,1-2H3,(H,21,24)/p+2. The molecule has 0 radical (unpaired) electrons. The molecule has 1 aromatic heterocycles. The summed E-state index contributed by atoms with van der Waals surface area (Å²) in [6.07, 6.45) is 0.939. The van der Waals surface area contributed by atoms with Crippen molar-refractivity contribution in [1.82, 2.24) is 0 Å². The lowest BCUT2D eigenvalue weighted by molar-refractivity contribution is -0.815. The molecule has 6 nitrogen and oxygen atoms in total. The van der Waals surface area contributed by atoms with Crippen LogP contribution in [-0.4, -0.2) is 16.1 Å². The topological polar surface area (TPSA) is 77.3 Å². The number of nitrogens with zero attached hydrogens (tertiary/aromatic N) is 2. The van der Waals surface area contributed by atoms with Crippen LogP contribution in [-0.2, 0) is 24.3 Å². The van der Waals surface area contributed by atoms with E-state index < -0.39 is 0 Å². The number of hydrogen-bond donors (Lipinski definition) is 3. The maximum absolute atomic E-state index is 12.5. The highest BCUT2D eigenvalue weighted by Gasteiger charge is 2.33. The van der Waals surface area contributed by atoms with Crippen LogP contribution in [0, 0.1) is 0 Å². The van der Waals surface area contributed by atoms with Gasteiger partial charge in [-0.15, -0.1) is 0 Å². The van der Waals surface area contributed by atoms with Gasteiger partial charge in [0.15, 0.2) is 11.9 Å². The van der Waals surface area contributed by atoms with E-state index in [0.29, 0.717) is 23.1 Å². The van der Waals surface area contributed by atoms with E-state index >= 15 is 0 Å². The van der Waals surface area contributed by atoms with E-state index in [1.165, 1.54) is 14.7 Å². The van der Waals surface area contributed by atoms with Crippen LogP contribution in [0.4, 0.5) is 5.69 Å². The van der Waals surface area contributed by atoms with Gasteiger partial charge < -0.3 is 15.5 Å². The molecule has 0 unspecified atom stereocenters. The maximum Gasteiger partial charge on any atom is 0.632 e. The summed E-state index contributed by atoms with van der Waals surface area (Å²) in [7, 11) is 0. The molecule has 0 fully saturated rings. The first-order valence-electron chi connectivity index (χ1n) is 8.70. The van der Waals surface area contributed by atoms with Gasteiger partial charge in [-0.1, -0.05) is 40.3 Å².